The summed E-state index contributed by atoms with van der Waals surface area (Å²) in [5, 5.41) is 2.95. The molecule has 1 unspecified atom stereocenters. The molecule has 0 fully saturated rings. The smallest absolute Gasteiger partial charge is 0.225 e. The molecule has 0 aliphatic carbocycles. The molecule has 1 aromatic carbocycles. The maximum Gasteiger partial charge on any atom is 0.225 e. The molecule has 112 valence electrons. The van der Waals surface area contributed by atoms with E-state index in [1.54, 1.807) is 0 Å². The monoisotopic (exact) mass is 277 g/mol. The minimum absolute atomic E-state index is 0.0488. The van der Waals surface area contributed by atoms with Crippen LogP contribution in [0.4, 0.5) is 5.69 Å². The Balaban J connectivity index is 2.51. The molecule has 0 saturated heterocycles. The van der Waals surface area contributed by atoms with Crippen LogP contribution in [-0.2, 0) is 11.3 Å². The number of carbonyl (C=O) groups is 1. The fraction of sp³-hybridized carbons (Fsp3) is 0.562. The largest absolute Gasteiger partial charge is 0.326 e. The van der Waals surface area contributed by atoms with Crippen LogP contribution in [0.2, 0.25) is 0 Å². The maximum absolute atomic E-state index is 12.0. The molecule has 0 aliphatic heterocycles. The lowest BCUT2D eigenvalue weighted by atomic mass is 10.1. The van der Waals surface area contributed by atoms with Gasteiger partial charge in [0.2, 0.25) is 5.91 Å². The van der Waals surface area contributed by atoms with Gasteiger partial charge in [-0.3, -0.25) is 4.79 Å². The van der Waals surface area contributed by atoms with Gasteiger partial charge in [-0.05, 0) is 31.5 Å². The summed E-state index contributed by atoms with van der Waals surface area (Å²) >= 11 is 0. The lowest BCUT2D eigenvalue weighted by molar-refractivity contribution is -0.116. The van der Waals surface area contributed by atoms with Crippen LogP contribution in [0.15, 0.2) is 24.3 Å². The summed E-state index contributed by atoms with van der Waals surface area (Å²) in [6.45, 7) is 8.71. The second-order valence-corrected chi connectivity index (χ2v) is 5.05. The molecule has 1 rings (SSSR count). The van der Waals surface area contributed by atoms with Gasteiger partial charge in [0.25, 0.3) is 0 Å². The number of nitrogens with two attached hydrogens (primary N) is 1. The third-order valence-corrected chi connectivity index (χ3v) is 3.76. The highest BCUT2D eigenvalue weighted by atomic mass is 16.1. The first-order valence-corrected chi connectivity index (χ1v) is 7.44. The molecule has 0 heterocycles. The molecule has 4 heteroatoms. The fourth-order valence-corrected chi connectivity index (χ4v) is 2.23. The predicted octanol–water partition coefficient (Wildman–Crippen LogP) is 2.59. The number of amides is 1. The van der Waals surface area contributed by atoms with Crippen LogP contribution in [0.1, 0.15) is 39.2 Å². The summed E-state index contributed by atoms with van der Waals surface area (Å²) in [6, 6.07) is 8.19. The first kappa shape index (κ1) is 16.7. The number of anilines is 1. The van der Waals surface area contributed by atoms with E-state index in [0.29, 0.717) is 19.0 Å². The molecule has 0 bridgehead atoms. The van der Waals surface area contributed by atoms with Gasteiger partial charge < -0.3 is 16.0 Å². The number of carbonyl (C=O) groups excluding carboxylic acids is 1. The van der Waals surface area contributed by atoms with E-state index in [4.69, 9.17) is 5.73 Å². The van der Waals surface area contributed by atoms with Crippen molar-refractivity contribution in [3.05, 3.63) is 29.8 Å². The van der Waals surface area contributed by atoms with Crippen molar-refractivity contribution in [2.75, 3.05) is 18.4 Å². The van der Waals surface area contributed by atoms with E-state index in [-0.39, 0.29) is 5.91 Å². The summed E-state index contributed by atoms with van der Waals surface area (Å²) in [6.07, 6.45) is 1.61. The Hall–Kier alpha value is -1.39. The van der Waals surface area contributed by atoms with Gasteiger partial charge >= 0.3 is 0 Å². The molecule has 4 nitrogen and oxygen atoms in total. The summed E-state index contributed by atoms with van der Waals surface area (Å²) in [7, 11) is 0. The van der Waals surface area contributed by atoms with Crippen LogP contribution >= 0.6 is 0 Å². The van der Waals surface area contributed by atoms with E-state index >= 15 is 0 Å². The summed E-state index contributed by atoms with van der Waals surface area (Å²) in [5.41, 5.74) is 7.46. The van der Waals surface area contributed by atoms with Crippen molar-refractivity contribution >= 4 is 11.6 Å². The number of nitrogens with one attached hydrogen (secondary N) is 1. The fourth-order valence-electron chi connectivity index (χ4n) is 2.23. The second kappa shape index (κ2) is 8.72. The second-order valence-electron chi connectivity index (χ2n) is 5.05. The molecule has 1 aromatic rings. The molecule has 0 saturated carbocycles. The van der Waals surface area contributed by atoms with Crippen molar-refractivity contribution in [1.29, 1.82) is 0 Å². The molecule has 0 aliphatic rings. The first-order chi connectivity index (χ1) is 9.62. The molecule has 20 heavy (non-hydrogen) atoms. The van der Waals surface area contributed by atoms with E-state index in [1.807, 2.05) is 24.3 Å². The molecule has 1 amide bonds. The third-order valence-electron chi connectivity index (χ3n) is 3.76. The molecule has 0 aromatic heterocycles. The Morgan fingerprint density at radius 1 is 1.35 bits per heavy atom. The number of rotatable bonds is 8. The Bertz CT molecular complexity index is 420. The summed E-state index contributed by atoms with van der Waals surface area (Å²) in [5.74, 6) is 0.0488. The van der Waals surface area contributed by atoms with Crippen molar-refractivity contribution in [1.82, 2.24) is 4.90 Å². The standard InChI is InChI=1S/C16H27N3O/c1-4-13(3)19(5-2)11-10-16(20)18-15-9-7-6-8-14(15)12-17/h6-9,13H,4-5,10-12,17H2,1-3H3,(H,18,20). The van der Waals surface area contributed by atoms with Gasteiger partial charge in [0.1, 0.15) is 0 Å². The van der Waals surface area contributed by atoms with Gasteiger partial charge in [-0.2, -0.15) is 0 Å². The van der Waals surface area contributed by atoms with E-state index in [0.717, 1.165) is 30.8 Å². The highest BCUT2D eigenvalue weighted by Gasteiger charge is 2.12. The average molecular weight is 277 g/mol. The quantitative estimate of drug-likeness (QED) is 0.768. The van der Waals surface area contributed by atoms with Gasteiger partial charge in [0.05, 0.1) is 0 Å². The van der Waals surface area contributed by atoms with Crippen LogP contribution in [-0.4, -0.2) is 29.9 Å². The highest BCUT2D eigenvalue weighted by Crippen LogP contribution is 2.14. The lowest BCUT2D eigenvalue weighted by Gasteiger charge is -2.26. The van der Waals surface area contributed by atoms with E-state index in [1.165, 1.54) is 0 Å². The predicted molar refractivity (Wildman–Crippen MR) is 84.6 cm³/mol. The Morgan fingerprint density at radius 2 is 2.05 bits per heavy atom. The van der Waals surface area contributed by atoms with Gasteiger partial charge in [0.15, 0.2) is 0 Å². The summed E-state index contributed by atoms with van der Waals surface area (Å²) < 4.78 is 0. The van der Waals surface area contributed by atoms with E-state index in [9.17, 15) is 4.79 Å². The maximum atomic E-state index is 12.0. The zero-order chi connectivity index (χ0) is 15.0. The van der Waals surface area contributed by atoms with Crippen LogP contribution < -0.4 is 11.1 Å². The van der Waals surface area contributed by atoms with Crippen LogP contribution in [0.5, 0.6) is 0 Å². The van der Waals surface area contributed by atoms with Crippen LogP contribution in [0.3, 0.4) is 0 Å². The lowest BCUT2D eigenvalue weighted by Crippen LogP contribution is -2.35. The van der Waals surface area contributed by atoms with E-state index < -0.39 is 0 Å². The molecule has 3 N–H and O–H groups in total. The number of hydrogen-bond acceptors (Lipinski definition) is 3. The minimum Gasteiger partial charge on any atom is -0.326 e. The van der Waals surface area contributed by atoms with Crippen molar-refractivity contribution in [3.63, 3.8) is 0 Å². The highest BCUT2D eigenvalue weighted by molar-refractivity contribution is 5.91. The average Bonchev–Trinajstić information content (AvgIpc) is 2.48. The van der Waals surface area contributed by atoms with Gasteiger partial charge in [-0.25, -0.2) is 0 Å². The number of benzene rings is 1. The zero-order valence-electron chi connectivity index (χ0n) is 12.9. The van der Waals surface area contributed by atoms with Crippen molar-refractivity contribution in [3.8, 4) is 0 Å². The molecule has 0 radical (unpaired) electrons. The Labute approximate surface area is 122 Å². The van der Waals surface area contributed by atoms with Gasteiger partial charge in [-0.15, -0.1) is 0 Å². The number of para-hydroxylation sites is 1. The normalized spacial score (nSPS) is 12.4. The molecule has 1 atom stereocenters. The Morgan fingerprint density at radius 3 is 2.65 bits per heavy atom. The molecular formula is C16H27N3O. The van der Waals surface area contributed by atoms with Crippen molar-refractivity contribution in [2.45, 2.75) is 46.2 Å². The van der Waals surface area contributed by atoms with Crippen molar-refractivity contribution < 1.29 is 4.79 Å². The molecular weight excluding hydrogens is 250 g/mol. The van der Waals surface area contributed by atoms with Gasteiger partial charge in [0, 0.05) is 31.2 Å². The topological polar surface area (TPSA) is 58.4 Å². The summed E-state index contributed by atoms with van der Waals surface area (Å²) in [4.78, 5) is 14.4. The van der Waals surface area contributed by atoms with Crippen LogP contribution in [0.25, 0.3) is 0 Å². The van der Waals surface area contributed by atoms with E-state index in [2.05, 4.69) is 31.0 Å². The zero-order valence-corrected chi connectivity index (χ0v) is 12.9. The molecule has 0 spiro atoms. The van der Waals surface area contributed by atoms with Gasteiger partial charge in [-0.1, -0.05) is 32.0 Å². The van der Waals surface area contributed by atoms with Crippen molar-refractivity contribution in [2.24, 2.45) is 5.73 Å². The first-order valence-electron chi connectivity index (χ1n) is 7.44. The Kier molecular flexibility index (Phi) is 7.26. The van der Waals surface area contributed by atoms with Crippen LogP contribution in [0, 0.1) is 0 Å². The minimum atomic E-state index is 0.0488. The SMILES string of the molecule is CCC(C)N(CC)CCC(=O)Nc1ccccc1CN. The number of hydrogen-bond donors (Lipinski definition) is 2. The number of nitrogens with zero attached hydrogens (tertiary/aromatic N) is 1. The third kappa shape index (κ3) is 4.94.